The fourth-order valence-corrected chi connectivity index (χ4v) is 3.58. The Morgan fingerprint density at radius 2 is 2.17 bits per heavy atom. The predicted molar refractivity (Wildman–Crippen MR) is 86.4 cm³/mol. The number of likely N-dealkylation sites (tertiary alicyclic amines) is 1. The number of carbonyl (C=O) groups is 1. The zero-order valence-corrected chi connectivity index (χ0v) is 13.5. The van der Waals surface area contributed by atoms with Gasteiger partial charge in [-0.15, -0.1) is 5.10 Å². The molecule has 1 unspecified atom stereocenters. The summed E-state index contributed by atoms with van der Waals surface area (Å²) in [6.07, 6.45) is 7.71. The molecule has 1 fully saturated rings. The molecule has 0 saturated carbocycles. The number of nitrogens with zero attached hydrogens (tertiary/aromatic N) is 4. The van der Waals surface area contributed by atoms with Crippen LogP contribution < -0.4 is 4.74 Å². The lowest BCUT2D eigenvalue weighted by Gasteiger charge is -2.34. The van der Waals surface area contributed by atoms with Crippen molar-refractivity contribution in [3.05, 3.63) is 36.0 Å². The number of nitrogens with one attached hydrogen (secondary N) is 1. The van der Waals surface area contributed by atoms with Gasteiger partial charge in [0.05, 0.1) is 12.0 Å². The van der Waals surface area contributed by atoms with E-state index in [1.165, 1.54) is 0 Å². The molecule has 24 heavy (non-hydrogen) atoms. The molecular weight excluding hydrogens is 306 g/mol. The summed E-state index contributed by atoms with van der Waals surface area (Å²) in [7, 11) is 0. The monoisotopic (exact) mass is 327 g/mol. The van der Waals surface area contributed by atoms with Gasteiger partial charge in [-0.2, -0.15) is 5.10 Å². The summed E-state index contributed by atoms with van der Waals surface area (Å²) in [5, 5.41) is 7.78. The Balaban J connectivity index is 1.30. The summed E-state index contributed by atoms with van der Waals surface area (Å²) in [5.74, 6) is 0.907. The van der Waals surface area contributed by atoms with Crippen LogP contribution in [-0.4, -0.2) is 50.2 Å². The Bertz CT molecular complexity index is 694. The highest BCUT2D eigenvalue weighted by Gasteiger charge is 2.32. The molecule has 0 radical (unpaired) electrons. The highest BCUT2D eigenvalue weighted by atomic mass is 16.5. The lowest BCUT2D eigenvalue weighted by atomic mass is 9.88. The maximum absolute atomic E-state index is 12.8. The number of aromatic amines is 1. The number of H-pyrrole nitrogens is 1. The number of ether oxygens (including phenoxy) is 1. The summed E-state index contributed by atoms with van der Waals surface area (Å²) < 4.78 is 5.84. The smallest absolute Gasteiger partial charge is 0.233 e. The third-order valence-electron chi connectivity index (χ3n) is 4.93. The highest BCUT2D eigenvalue weighted by molar-refractivity contribution is 5.79. The van der Waals surface area contributed by atoms with Crippen molar-refractivity contribution < 1.29 is 9.53 Å². The van der Waals surface area contributed by atoms with Crippen LogP contribution in [0.2, 0.25) is 0 Å². The first-order valence-electron chi connectivity index (χ1n) is 8.54. The molecule has 0 aromatic carbocycles. The van der Waals surface area contributed by atoms with Gasteiger partial charge in [-0.1, -0.05) is 0 Å². The zero-order valence-electron chi connectivity index (χ0n) is 13.5. The molecule has 1 atom stereocenters. The molecule has 7 heteroatoms. The van der Waals surface area contributed by atoms with E-state index in [1.54, 1.807) is 12.5 Å². The number of amides is 1. The highest BCUT2D eigenvalue weighted by Crippen LogP contribution is 2.26. The van der Waals surface area contributed by atoms with Crippen molar-refractivity contribution in [2.24, 2.45) is 5.92 Å². The van der Waals surface area contributed by atoms with E-state index in [4.69, 9.17) is 4.74 Å². The van der Waals surface area contributed by atoms with Gasteiger partial charge >= 0.3 is 0 Å². The SMILES string of the molecule is O=C(C1CCc2nc[nH]c2C1)N1CCC(Oc2cccnn2)CC1. The molecular formula is C17H21N5O2. The number of hydrogen-bond acceptors (Lipinski definition) is 5. The Hall–Kier alpha value is -2.44. The first-order valence-corrected chi connectivity index (χ1v) is 8.54. The van der Waals surface area contributed by atoms with Crippen molar-refractivity contribution in [3.63, 3.8) is 0 Å². The van der Waals surface area contributed by atoms with Gasteiger partial charge in [-0.05, 0) is 18.9 Å². The van der Waals surface area contributed by atoms with E-state index < -0.39 is 0 Å². The minimum Gasteiger partial charge on any atom is -0.473 e. The second-order valence-electron chi connectivity index (χ2n) is 6.47. The van der Waals surface area contributed by atoms with E-state index in [0.717, 1.165) is 56.6 Å². The topological polar surface area (TPSA) is 84.0 Å². The third-order valence-corrected chi connectivity index (χ3v) is 4.93. The summed E-state index contributed by atoms with van der Waals surface area (Å²) >= 11 is 0. The molecule has 4 rings (SSSR count). The van der Waals surface area contributed by atoms with Crippen molar-refractivity contribution in [3.8, 4) is 5.88 Å². The molecule has 126 valence electrons. The molecule has 2 aromatic rings. The van der Waals surface area contributed by atoms with E-state index in [2.05, 4.69) is 20.2 Å². The van der Waals surface area contributed by atoms with Crippen molar-refractivity contribution in [2.75, 3.05) is 13.1 Å². The molecule has 0 bridgehead atoms. The standard InChI is InChI=1S/C17H21N5O2/c23-17(12-3-4-14-15(10-12)19-11-18-14)22-8-5-13(6-9-22)24-16-2-1-7-20-21-16/h1-2,7,11-13H,3-6,8-10H2,(H,18,19). The van der Waals surface area contributed by atoms with E-state index in [0.29, 0.717) is 5.88 Å². The fraction of sp³-hybridized carbons (Fsp3) is 0.529. The van der Waals surface area contributed by atoms with Crippen molar-refractivity contribution in [2.45, 2.75) is 38.2 Å². The molecule has 1 saturated heterocycles. The van der Waals surface area contributed by atoms with Crippen LogP contribution in [0.25, 0.3) is 0 Å². The van der Waals surface area contributed by atoms with E-state index in [9.17, 15) is 4.79 Å². The van der Waals surface area contributed by atoms with Crippen molar-refractivity contribution in [1.82, 2.24) is 25.1 Å². The summed E-state index contributed by atoms with van der Waals surface area (Å²) in [6.45, 7) is 1.49. The van der Waals surface area contributed by atoms with Gasteiger partial charge in [-0.25, -0.2) is 4.98 Å². The molecule has 1 N–H and O–H groups in total. The molecule has 3 heterocycles. The molecule has 1 amide bonds. The van der Waals surface area contributed by atoms with Crippen LogP contribution in [0.3, 0.4) is 0 Å². The van der Waals surface area contributed by atoms with Crippen LogP contribution in [0.1, 0.15) is 30.7 Å². The van der Waals surface area contributed by atoms with E-state index in [1.807, 2.05) is 17.0 Å². The Labute approximate surface area is 140 Å². The first-order chi connectivity index (χ1) is 11.8. The summed E-state index contributed by atoms with van der Waals surface area (Å²) in [4.78, 5) is 22.2. The number of piperidine rings is 1. The summed E-state index contributed by atoms with van der Waals surface area (Å²) in [5.41, 5.74) is 2.25. The fourth-order valence-electron chi connectivity index (χ4n) is 3.58. The van der Waals surface area contributed by atoms with Gasteiger partial charge in [0.15, 0.2) is 0 Å². The van der Waals surface area contributed by atoms with E-state index >= 15 is 0 Å². The lowest BCUT2D eigenvalue weighted by Crippen LogP contribution is -2.45. The van der Waals surface area contributed by atoms with Crippen LogP contribution >= 0.6 is 0 Å². The number of aryl methyl sites for hydroxylation is 1. The minimum absolute atomic E-state index is 0.0791. The molecule has 2 aliphatic rings. The maximum Gasteiger partial charge on any atom is 0.233 e. The number of aromatic nitrogens is 4. The van der Waals surface area contributed by atoms with Crippen LogP contribution in [0.5, 0.6) is 5.88 Å². The average Bonchev–Trinajstić information content (AvgIpc) is 3.10. The maximum atomic E-state index is 12.8. The number of imidazole rings is 1. The predicted octanol–water partition coefficient (Wildman–Crippen LogP) is 1.37. The number of hydrogen-bond donors (Lipinski definition) is 1. The molecule has 1 aliphatic carbocycles. The number of carbonyl (C=O) groups excluding carboxylic acids is 1. The Kier molecular flexibility index (Phi) is 4.15. The van der Waals surface area contributed by atoms with Gasteiger partial charge in [0.25, 0.3) is 0 Å². The second kappa shape index (κ2) is 6.59. The third kappa shape index (κ3) is 3.11. The minimum atomic E-state index is 0.0791. The molecule has 7 nitrogen and oxygen atoms in total. The van der Waals surface area contributed by atoms with Crippen LogP contribution in [-0.2, 0) is 17.6 Å². The quantitative estimate of drug-likeness (QED) is 0.920. The molecule has 1 aliphatic heterocycles. The Morgan fingerprint density at radius 3 is 2.96 bits per heavy atom. The van der Waals surface area contributed by atoms with Crippen molar-refractivity contribution >= 4 is 5.91 Å². The van der Waals surface area contributed by atoms with Crippen LogP contribution in [0.15, 0.2) is 24.7 Å². The average molecular weight is 327 g/mol. The number of fused-ring (bicyclic) bond motifs is 1. The number of rotatable bonds is 3. The van der Waals surface area contributed by atoms with Crippen LogP contribution in [0, 0.1) is 5.92 Å². The van der Waals surface area contributed by atoms with Gasteiger partial charge in [0, 0.05) is 56.2 Å². The first kappa shape index (κ1) is 15.1. The normalized spacial score (nSPS) is 21.3. The Morgan fingerprint density at radius 1 is 1.29 bits per heavy atom. The van der Waals surface area contributed by atoms with Gasteiger partial charge in [-0.3, -0.25) is 4.79 Å². The van der Waals surface area contributed by atoms with Gasteiger partial charge in [0.1, 0.15) is 6.10 Å². The zero-order chi connectivity index (χ0) is 16.4. The lowest BCUT2D eigenvalue weighted by molar-refractivity contribution is -0.137. The second-order valence-corrected chi connectivity index (χ2v) is 6.47. The summed E-state index contributed by atoms with van der Waals surface area (Å²) in [6, 6.07) is 3.63. The van der Waals surface area contributed by atoms with Gasteiger partial charge < -0.3 is 14.6 Å². The largest absolute Gasteiger partial charge is 0.473 e. The van der Waals surface area contributed by atoms with E-state index in [-0.39, 0.29) is 17.9 Å². The molecule has 0 spiro atoms. The van der Waals surface area contributed by atoms with Crippen molar-refractivity contribution in [1.29, 1.82) is 0 Å². The molecule has 2 aromatic heterocycles. The van der Waals surface area contributed by atoms with Gasteiger partial charge in [0.2, 0.25) is 11.8 Å². The van der Waals surface area contributed by atoms with Crippen LogP contribution in [0.4, 0.5) is 0 Å².